The van der Waals surface area contributed by atoms with Gasteiger partial charge in [-0.3, -0.25) is 0 Å². The van der Waals surface area contributed by atoms with E-state index in [1.807, 2.05) is 17.5 Å². The Balaban J connectivity index is 1.72. The van der Waals surface area contributed by atoms with Crippen LogP contribution in [0.4, 0.5) is 10.1 Å². The molecule has 1 aromatic carbocycles. The topological polar surface area (TPSA) is 50.7 Å². The lowest BCUT2D eigenvalue weighted by Gasteiger charge is -2.13. The third-order valence-electron chi connectivity index (χ3n) is 2.83. The quantitative estimate of drug-likeness (QED) is 0.787. The zero-order chi connectivity index (χ0) is 15.1. The van der Waals surface area contributed by atoms with E-state index < -0.39 is 11.9 Å². The Morgan fingerprint density at radius 1 is 1.38 bits per heavy atom. The van der Waals surface area contributed by atoms with Crippen LogP contribution in [-0.2, 0) is 11.3 Å². The minimum atomic E-state index is -0.638. The first-order valence-corrected chi connectivity index (χ1v) is 7.42. The van der Waals surface area contributed by atoms with Gasteiger partial charge in [-0.05, 0) is 23.6 Å². The molecule has 0 saturated carbocycles. The van der Waals surface area contributed by atoms with Crippen molar-refractivity contribution in [1.29, 1.82) is 0 Å². The van der Waals surface area contributed by atoms with Gasteiger partial charge in [0.15, 0.2) is 11.6 Å². The predicted molar refractivity (Wildman–Crippen MR) is 81.4 cm³/mol. The number of halogens is 1. The van der Waals surface area contributed by atoms with E-state index in [0.717, 1.165) is 4.88 Å². The first-order valence-electron chi connectivity index (χ1n) is 6.54. The molecule has 0 bridgehead atoms. The molecule has 1 heterocycles. The van der Waals surface area contributed by atoms with E-state index in [9.17, 15) is 9.50 Å². The van der Waals surface area contributed by atoms with Gasteiger partial charge in [0.05, 0.1) is 26.4 Å². The molecule has 21 heavy (non-hydrogen) atoms. The summed E-state index contributed by atoms with van der Waals surface area (Å²) in [6.45, 7) is 1.06. The van der Waals surface area contributed by atoms with Gasteiger partial charge in [0, 0.05) is 23.2 Å². The van der Waals surface area contributed by atoms with E-state index in [4.69, 9.17) is 9.47 Å². The zero-order valence-corrected chi connectivity index (χ0v) is 12.5. The summed E-state index contributed by atoms with van der Waals surface area (Å²) in [5, 5.41) is 14.8. The van der Waals surface area contributed by atoms with Crippen LogP contribution in [0.25, 0.3) is 0 Å². The Bertz CT molecular complexity index is 548. The van der Waals surface area contributed by atoms with Crippen molar-refractivity contribution in [2.24, 2.45) is 0 Å². The van der Waals surface area contributed by atoms with Gasteiger partial charge in [-0.25, -0.2) is 4.39 Å². The Kier molecular flexibility index (Phi) is 5.98. The first-order chi connectivity index (χ1) is 10.2. The smallest absolute Gasteiger partial charge is 0.165 e. The average Bonchev–Trinajstić information content (AvgIpc) is 2.99. The van der Waals surface area contributed by atoms with Crippen LogP contribution >= 0.6 is 11.3 Å². The highest BCUT2D eigenvalue weighted by Gasteiger charge is 2.07. The SMILES string of the molecule is COc1cc(NCC(O)COCc2cccs2)ccc1F. The molecule has 4 nitrogen and oxygen atoms in total. The third-order valence-corrected chi connectivity index (χ3v) is 3.68. The highest BCUT2D eigenvalue weighted by Crippen LogP contribution is 2.21. The molecule has 1 unspecified atom stereocenters. The summed E-state index contributed by atoms with van der Waals surface area (Å²) in [5.74, 6) is -0.244. The molecule has 1 atom stereocenters. The molecule has 2 rings (SSSR count). The van der Waals surface area contributed by atoms with Crippen molar-refractivity contribution in [3.8, 4) is 5.75 Å². The summed E-state index contributed by atoms with van der Waals surface area (Å²) in [7, 11) is 1.41. The van der Waals surface area contributed by atoms with Crippen LogP contribution < -0.4 is 10.1 Å². The molecule has 0 saturated heterocycles. The van der Waals surface area contributed by atoms with Crippen molar-refractivity contribution in [2.45, 2.75) is 12.7 Å². The number of thiophene rings is 1. The summed E-state index contributed by atoms with van der Waals surface area (Å²) in [5.41, 5.74) is 0.686. The molecule has 0 spiro atoms. The number of aliphatic hydroxyl groups is 1. The molecular weight excluding hydrogens is 293 g/mol. The van der Waals surface area contributed by atoms with Crippen LogP contribution in [0.1, 0.15) is 4.88 Å². The van der Waals surface area contributed by atoms with E-state index >= 15 is 0 Å². The largest absolute Gasteiger partial charge is 0.494 e. The highest BCUT2D eigenvalue weighted by molar-refractivity contribution is 7.09. The lowest BCUT2D eigenvalue weighted by atomic mass is 10.2. The molecule has 2 aromatic rings. The number of hydrogen-bond donors (Lipinski definition) is 2. The molecular formula is C15H18FNO3S. The predicted octanol–water partition coefficient (Wildman–Crippen LogP) is 2.89. The summed E-state index contributed by atoms with van der Waals surface area (Å²) >= 11 is 1.62. The lowest BCUT2D eigenvalue weighted by molar-refractivity contribution is 0.0359. The van der Waals surface area contributed by atoms with Crippen LogP contribution in [0.3, 0.4) is 0 Å². The second-order valence-electron chi connectivity index (χ2n) is 4.48. The fourth-order valence-electron chi connectivity index (χ4n) is 1.75. The molecule has 2 N–H and O–H groups in total. The van der Waals surface area contributed by atoms with Crippen molar-refractivity contribution < 1.29 is 19.0 Å². The van der Waals surface area contributed by atoms with Crippen molar-refractivity contribution in [1.82, 2.24) is 0 Å². The summed E-state index contributed by atoms with van der Waals surface area (Å²) in [6.07, 6.45) is -0.638. The number of nitrogens with one attached hydrogen (secondary N) is 1. The van der Waals surface area contributed by atoms with Gasteiger partial charge in [-0.15, -0.1) is 11.3 Å². The maximum absolute atomic E-state index is 13.2. The summed E-state index contributed by atoms with van der Waals surface area (Å²) < 4.78 is 23.6. The summed E-state index contributed by atoms with van der Waals surface area (Å²) in [4.78, 5) is 1.12. The normalized spacial score (nSPS) is 12.1. The number of ether oxygens (including phenoxy) is 2. The van der Waals surface area contributed by atoms with Gasteiger partial charge in [0.25, 0.3) is 0 Å². The minimum absolute atomic E-state index is 0.170. The number of benzene rings is 1. The number of rotatable bonds is 8. The van der Waals surface area contributed by atoms with Crippen molar-refractivity contribution in [3.63, 3.8) is 0 Å². The fourth-order valence-corrected chi connectivity index (χ4v) is 2.40. The van der Waals surface area contributed by atoms with Gasteiger partial charge in [0.1, 0.15) is 0 Å². The van der Waals surface area contributed by atoms with Crippen molar-refractivity contribution in [3.05, 3.63) is 46.4 Å². The Hall–Kier alpha value is -1.63. The van der Waals surface area contributed by atoms with Crippen molar-refractivity contribution >= 4 is 17.0 Å². The molecule has 6 heteroatoms. The van der Waals surface area contributed by atoms with E-state index in [0.29, 0.717) is 18.8 Å². The molecule has 114 valence electrons. The van der Waals surface area contributed by atoms with E-state index in [1.54, 1.807) is 23.5 Å². The van der Waals surface area contributed by atoms with Crippen LogP contribution in [0.5, 0.6) is 5.75 Å². The summed E-state index contributed by atoms with van der Waals surface area (Å²) in [6, 6.07) is 8.41. The van der Waals surface area contributed by atoms with Gasteiger partial charge in [0.2, 0.25) is 0 Å². The minimum Gasteiger partial charge on any atom is -0.494 e. The lowest BCUT2D eigenvalue weighted by Crippen LogP contribution is -2.24. The van der Waals surface area contributed by atoms with E-state index in [-0.39, 0.29) is 12.4 Å². The Labute approximate surface area is 127 Å². The Morgan fingerprint density at radius 3 is 2.95 bits per heavy atom. The second-order valence-corrected chi connectivity index (χ2v) is 5.51. The Morgan fingerprint density at radius 2 is 2.24 bits per heavy atom. The molecule has 1 aromatic heterocycles. The van der Waals surface area contributed by atoms with E-state index in [2.05, 4.69) is 5.32 Å². The molecule has 0 aliphatic heterocycles. The molecule has 0 amide bonds. The van der Waals surface area contributed by atoms with Gasteiger partial charge < -0.3 is 19.9 Å². The van der Waals surface area contributed by atoms with Gasteiger partial charge >= 0.3 is 0 Å². The van der Waals surface area contributed by atoms with Gasteiger partial charge in [-0.2, -0.15) is 0 Å². The highest BCUT2D eigenvalue weighted by atomic mass is 32.1. The average molecular weight is 311 g/mol. The van der Waals surface area contributed by atoms with Crippen molar-refractivity contribution in [2.75, 3.05) is 25.6 Å². The van der Waals surface area contributed by atoms with E-state index in [1.165, 1.54) is 13.2 Å². The van der Waals surface area contributed by atoms with Crippen LogP contribution in [0.15, 0.2) is 35.7 Å². The number of anilines is 1. The molecule has 0 fully saturated rings. The number of methoxy groups -OCH3 is 1. The third kappa shape index (κ3) is 5.00. The van der Waals surface area contributed by atoms with Crippen LogP contribution in [0, 0.1) is 5.82 Å². The second kappa shape index (κ2) is 7.97. The fraction of sp³-hybridized carbons (Fsp3) is 0.333. The standard InChI is InChI=1S/C15H18FNO3S/c1-19-15-7-11(4-5-14(15)16)17-8-12(18)9-20-10-13-3-2-6-21-13/h2-7,12,17-18H,8-10H2,1H3. The zero-order valence-electron chi connectivity index (χ0n) is 11.7. The molecule has 0 radical (unpaired) electrons. The maximum Gasteiger partial charge on any atom is 0.165 e. The maximum atomic E-state index is 13.2. The molecule has 0 aliphatic carbocycles. The first kappa shape index (κ1) is 15.8. The molecule has 0 aliphatic rings. The van der Waals surface area contributed by atoms with Gasteiger partial charge in [-0.1, -0.05) is 6.07 Å². The number of aliphatic hydroxyl groups excluding tert-OH is 1. The van der Waals surface area contributed by atoms with Crippen LogP contribution in [0.2, 0.25) is 0 Å². The monoisotopic (exact) mass is 311 g/mol. The number of hydrogen-bond acceptors (Lipinski definition) is 5. The van der Waals surface area contributed by atoms with Crippen LogP contribution in [-0.4, -0.2) is 31.5 Å².